The van der Waals surface area contributed by atoms with E-state index in [4.69, 9.17) is 4.74 Å². The number of pyridine rings is 1. The average molecular weight is 253 g/mol. The van der Waals surface area contributed by atoms with Crippen LogP contribution < -0.4 is 15.4 Å². The van der Waals surface area contributed by atoms with Crippen LogP contribution in [0.15, 0.2) is 18.3 Å². The zero-order valence-corrected chi connectivity index (χ0v) is 9.91. The van der Waals surface area contributed by atoms with Crippen LogP contribution in [-0.4, -0.2) is 35.0 Å². The molecule has 0 bridgehead atoms. The second kappa shape index (κ2) is 5.05. The average Bonchev–Trinajstić information content (AvgIpc) is 2.77. The number of amides is 2. The molecular formula is C10H11N3O3S. The van der Waals surface area contributed by atoms with Crippen molar-refractivity contribution >= 4 is 28.6 Å². The maximum absolute atomic E-state index is 11.8. The highest BCUT2D eigenvalue weighted by Gasteiger charge is 2.28. The summed E-state index contributed by atoms with van der Waals surface area (Å²) in [6.45, 7) is 0. The summed E-state index contributed by atoms with van der Waals surface area (Å²) >= 11 is 1.10. The van der Waals surface area contributed by atoms with Crippen LogP contribution in [0.3, 0.4) is 0 Å². The van der Waals surface area contributed by atoms with Crippen LogP contribution in [0.25, 0.3) is 0 Å². The summed E-state index contributed by atoms with van der Waals surface area (Å²) in [7, 11) is 1.48. The number of thioether (sulfide) groups is 1. The van der Waals surface area contributed by atoms with Gasteiger partial charge in [-0.25, -0.2) is 4.98 Å². The number of carbonyl (C=O) groups is 2. The molecule has 2 amide bonds. The normalized spacial score (nSPS) is 18.6. The Morgan fingerprint density at radius 1 is 1.71 bits per heavy atom. The maximum atomic E-state index is 11.8. The van der Waals surface area contributed by atoms with E-state index >= 15 is 0 Å². The molecule has 1 aliphatic heterocycles. The molecule has 0 spiro atoms. The summed E-state index contributed by atoms with van der Waals surface area (Å²) in [6.07, 6.45) is 1.57. The molecule has 17 heavy (non-hydrogen) atoms. The molecule has 2 heterocycles. The summed E-state index contributed by atoms with van der Waals surface area (Å²) in [4.78, 5) is 26.7. The third-order valence-corrected chi connectivity index (χ3v) is 3.09. The molecule has 1 atom stereocenters. The Labute approximate surface area is 102 Å². The Kier molecular flexibility index (Phi) is 3.48. The molecule has 1 aliphatic rings. The predicted octanol–water partition coefficient (Wildman–Crippen LogP) is 0.854. The number of anilines is 1. The van der Waals surface area contributed by atoms with Gasteiger partial charge in [0, 0.05) is 11.9 Å². The van der Waals surface area contributed by atoms with Crippen LogP contribution in [0.5, 0.6) is 5.88 Å². The number of aromatic nitrogens is 1. The van der Waals surface area contributed by atoms with Crippen LogP contribution >= 0.6 is 11.8 Å². The largest absolute Gasteiger partial charge is 0.480 e. The summed E-state index contributed by atoms with van der Waals surface area (Å²) < 4.78 is 5.01. The summed E-state index contributed by atoms with van der Waals surface area (Å²) in [5.41, 5.74) is 0.492. The van der Waals surface area contributed by atoms with Crippen molar-refractivity contribution < 1.29 is 14.3 Å². The van der Waals surface area contributed by atoms with E-state index in [-0.39, 0.29) is 11.1 Å². The number of ether oxygens (including phenoxy) is 1. The van der Waals surface area contributed by atoms with Gasteiger partial charge < -0.3 is 15.4 Å². The molecule has 1 unspecified atom stereocenters. The van der Waals surface area contributed by atoms with Crippen molar-refractivity contribution in [1.82, 2.24) is 10.3 Å². The molecule has 1 aromatic heterocycles. The standard InChI is InChI=1S/C10H11N3O3S/c1-16-9-6(3-2-4-11-9)12-8(14)7-5-17-10(15)13-7/h2-4,7H,5H2,1H3,(H,12,14)(H,13,15). The van der Waals surface area contributed by atoms with E-state index in [1.165, 1.54) is 7.11 Å². The molecule has 1 saturated heterocycles. The van der Waals surface area contributed by atoms with E-state index in [0.717, 1.165) is 11.8 Å². The first kappa shape index (κ1) is 11.7. The number of nitrogens with one attached hydrogen (secondary N) is 2. The fourth-order valence-corrected chi connectivity index (χ4v) is 2.17. The molecule has 0 radical (unpaired) electrons. The molecule has 1 fully saturated rings. The molecule has 0 aliphatic carbocycles. The van der Waals surface area contributed by atoms with Gasteiger partial charge in [0.2, 0.25) is 11.8 Å². The number of hydrogen-bond acceptors (Lipinski definition) is 5. The fraction of sp³-hybridized carbons (Fsp3) is 0.300. The third kappa shape index (κ3) is 2.68. The molecule has 6 nitrogen and oxygen atoms in total. The first-order valence-electron chi connectivity index (χ1n) is 4.94. The van der Waals surface area contributed by atoms with Crippen molar-refractivity contribution in [1.29, 1.82) is 0 Å². The molecule has 2 rings (SSSR count). The van der Waals surface area contributed by atoms with Gasteiger partial charge >= 0.3 is 0 Å². The van der Waals surface area contributed by atoms with Crippen LogP contribution in [-0.2, 0) is 4.79 Å². The molecule has 0 aromatic carbocycles. The quantitative estimate of drug-likeness (QED) is 0.835. The Balaban J connectivity index is 2.05. The van der Waals surface area contributed by atoms with Crippen molar-refractivity contribution in [2.24, 2.45) is 0 Å². The monoisotopic (exact) mass is 253 g/mol. The first-order valence-corrected chi connectivity index (χ1v) is 5.92. The lowest BCUT2D eigenvalue weighted by atomic mass is 10.3. The van der Waals surface area contributed by atoms with Crippen LogP contribution in [0, 0.1) is 0 Å². The van der Waals surface area contributed by atoms with E-state index in [2.05, 4.69) is 15.6 Å². The highest BCUT2D eigenvalue weighted by Crippen LogP contribution is 2.21. The maximum Gasteiger partial charge on any atom is 0.279 e. The minimum absolute atomic E-state index is 0.177. The number of methoxy groups -OCH3 is 1. The number of hydrogen-bond donors (Lipinski definition) is 2. The van der Waals surface area contributed by atoms with E-state index in [1.807, 2.05) is 0 Å². The molecule has 2 N–H and O–H groups in total. The lowest BCUT2D eigenvalue weighted by Crippen LogP contribution is -2.38. The van der Waals surface area contributed by atoms with E-state index in [0.29, 0.717) is 17.3 Å². The van der Waals surface area contributed by atoms with Gasteiger partial charge in [-0.2, -0.15) is 0 Å². The topological polar surface area (TPSA) is 80.3 Å². The highest BCUT2D eigenvalue weighted by atomic mass is 32.2. The minimum Gasteiger partial charge on any atom is -0.480 e. The summed E-state index contributed by atoms with van der Waals surface area (Å²) in [5, 5.41) is 5.05. The number of nitrogens with zero attached hydrogens (tertiary/aromatic N) is 1. The van der Waals surface area contributed by atoms with Crippen LogP contribution in [0.1, 0.15) is 0 Å². The van der Waals surface area contributed by atoms with Crippen molar-refractivity contribution in [3.05, 3.63) is 18.3 Å². The van der Waals surface area contributed by atoms with Gasteiger partial charge in [0.05, 0.1) is 7.11 Å². The zero-order valence-electron chi connectivity index (χ0n) is 9.10. The van der Waals surface area contributed by atoms with Crippen molar-refractivity contribution in [2.75, 3.05) is 18.2 Å². The lowest BCUT2D eigenvalue weighted by Gasteiger charge is -2.11. The predicted molar refractivity (Wildman–Crippen MR) is 64.2 cm³/mol. The number of rotatable bonds is 3. The van der Waals surface area contributed by atoms with E-state index in [1.54, 1.807) is 18.3 Å². The number of carbonyl (C=O) groups excluding carboxylic acids is 2. The van der Waals surface area contributed by atoms with E-state index < -0.39 is 6.04 Å². The van der Waals surface area contributed by atoms with E-state index in [9.17, 15) is 9.59 Å². The van der Waals surface area contributed by atoms with Crippen molar-refractivity contribution in [3.63, 3.8) is 0 Å². The second-order valence-corrected chi connectivity index (χ2v) is 4.34. The van der Waals surface area contributed by atoms with Gasteiger partial charge in [0.15, 0.2) is 0 Å². The first-order chi connectivity index (χ1) is 8.20. The highest BCUT2D eigenvalue weighted by molar-refractivity contribution is 8.14. The SMILES string of the molecule is COc1ncccc1NC(=O)C1CSC(=O)N1. The lowest BCUT2D eigenvalue weighted by molar-refractivity contribution is -0.117. The van der Waals surface area contributed by atoms with Gasteiger partial charge in [-0.3, -0.25) is 9.59 Å². The van der Waals surface area contributed by atoms with Crippen LogP contribution in [0.4, 0.5) is 10.5 Å². The minimum atomic E-state index is -0.502. The van der Waals surface area contributed by atoms with Crippen molar-refractivity contribution in [3.8, 4) is 5.88 Å². The van der Waals surface area contributed by atoms with Gasteiger partial charge in [0.1, 0.15) is 11.7 Å². The fourth-order valence-electron chi connectivity index (χ4n) is 1.39. The van der Waals surface area contributed by atoms with Gasteiger partial charge in [-0.1, -0.05) is 11.8 Å². The molecular weight excluding hydrogens is 242 g/mol. The Morgan fingerprint density at radius 3 is 3.18 bits per heavy atom. The second-order valence-electron chi connectivity index (χ2n) is 3.34. The smallest absolute Gasteiger partial charge is 0.279 e. The Bertz CT molecular complexity index is 452. The van der Waals surface area contributed by atoms with Gasteiger partial charge in [-0.15, -0.1) is 0 Å². The third-order valence-electron chi connectivity index (χ3n) is 2.21. The molecule has 7 heteroatoms. The Morgan fingerprint density at radius 2 is 2.53 bits per heavy atom. The molecule has 0 saturated carbocycles. The van der Waals surface area contributed by atoms with Crippen molar-refractivity contribution in [2.45, 2.75) is 6.04 Å². The molecule has 90 valence electrons. The zero-order chi connectivity index (χ0) is 12.3. The van der Waals surface area contributed by atoms with Gasteiger partial charge in [-0.05, 0) is 12.1 Å². The summed E-state index contributed by atoms with van der Waals surface area (Å²) in [5.74, 6) is 0.514. The molecule has 1 aromatic rings. The van der Waals surface area contributed by atoms with Gasteiger partial charge in [0.25, 0.3) is 5.24 Å². The summed E-state index contributed by atoms with van der Waals surface area (Å²) in [6, 6.07) is 2.88. The van der Waals surface area contributed by atoms with Crippen LogP contribution in [0.2, 0.25) is 0 Å². The Hall–Kier alpha value is -1.76.